The first-order valence-electron chi connectivity index (χ1n) is 5.94. The lowest BCUT2D eigenvalue weighted by Gasteiger charge is -2.16. The molecule has 0 aliphatic heterocycles. The van der Waals surface area contributed by atoms with E-state index in [1.165, 1.54) is 0 Å². The van der Waals surface area contributed by atoms with Gasteiger partial charge in [-0.1, -0.05) is 30.3 Å². The quantitative estimate of drug-likeness (QED) is 0.773. The van der Waals surface area contributed by atoms with Gasteiger partial charge in [0.05, 0.1) is 11.8 Å². The van der Waals surface area contributed by atoms with E-state index in [1.807, 2.05) is 0 Å². The molecule has 0 spiro atoms. The van der Waals surface area contributed by atoms with Gasteiger partial charge in [0.1, 0.15) is 6.61 Å². The van der Waals surface area contributed by atoms with Crippen molar-refractivity contribution in [3.05, 3.63) is 35.9 Å². The molecule has 1 aromatic rings. The summed E-state index contributed by atoms with van der Waals surface area (Å²) < 4.78 is 51.3. The molecule has 1 amide bonds. The minimum Gasteiger partial charge on any atom is -0.445 e. The molecule has 21 heavy (non-hydrogen) atoms. The maximum atomic E-state index is 12.3. The van der Waals surface area contributed by atoms with Crippen LogP contribution in [0.1, 0.15) is 12.0 Å². The molecule has 0 saturated carbocycles. The molecule has 118 valence electrons. The number of carbonyl (C=O) groups excluding carboxylic acids is 1. The SMILES string of the molecule is O=C(NC(CC(F)F)CS(=O)(=O)Cl)OCc1ccccc1. The summed E-state index contributed by atoms with van der Waals surface area (Å²) in [6.45, 7) is -0.0539. The van der Waals surface area contributed by atoms with Crippen LogP contribution < -0.4 is 5.32 Å². The molecule has 0 heterocycles. The van der Waals surface area contributed by atoms with Crippen LogP contribution in [0, 0.1) is 0 Å². The number of halogens is 3. The van der Waals surface area contributed by atoms with E-state index in [9.17, 15) is 22.0 Å². The van der Waals surface area contributed by atoms with Crippen molar-refractivity contribution in [2.45, 2.75) is 25.5 Å². The Morgan fingerprint density at radius 2 is 1.90 bits per heavy atom. The van der Waals surface area contributed by atoms with Gasteiger partial charge in [-0.05, 0) is 5.56 Å². The van der Waals surface area contributed by atoms with Crippen LogP contribution in [0.5, 0.6) is 0 Å². The summed E-state index contributed by atoms with van der Waals surface area (Å²) in [6.07, 6.45) is -4.58. The molecule has 1 atom stereocenters. The zero-order valence-corrected chi connectivity index (χ0v) is 12.4. The minimum atomic E-state index is -4.01. The average Bonchev–Trinajstić information content (AvgIpc) is 2.34. The smallest absolute Gasteiger partial charge is 0.407 e. The molecule has 0 saturated heterocycles. The number of hydrogen-bond acceptors (Lipinski definition) is 4. The van der Waals surface area contributed by atoms with E-state index < -0.39 is 39.8 Å². The van der Waals surface area contributed by atoms with E-state index in [-0.39, 0.29) is 6.61 Å². The highest BCUT2D eigenvalue weighted by atomic mass is 35.7. The highest BCUT2D eigenvalue weighted by molar-refractivity contribution is 8.13. The van der Waals surface area contributed by atoms with Gasteiger partial charge in [-0.15, -0.1) is 0 Å². The predicted octanol–water partition coefficient (Wildman–Crippen LogP) is 2.51. The third-order valence-electron chi connectivity index (χ3n) is 2.40. The number of alkyl carbamates (subject to hydrolysis) is 1. The number of hydrogen-bond donors (Lipinski definition) is 1. The van der Waals surface area contributed by atoms with E-state index in [0.717, 1.165) is 0 Å². The molecule has 0 fully saturated rings. The highest BCUT2D eigenvalue weighted by Gasteiger charge is 2.23. The van der Waals surface area contributed by atoms with Gasteiger partial charge in [-0.25, -0.2) is 22.0 Å². The summed E-state index contributed by atoms with van der Waals surface area (Å²) in [5.74, 6) is -0.792. The van der Waals surface area contributed by atoms with Crippen LogP contribution in [0.4, 0.5) is 13.6 Å². The maximum Gasteiger partial charge on any atom is 0.407 e. The summed E-state index contributed by atoms with van der Waals surface area (Å²) in [4.78, 5) is 11.5. The number of amides is 1. The van der Waals surface area contributed by atoms with Crippen molar-refractivity contribution in [3.63, 3.8) is 0 Å². The van der Waals surface area contributed by atoms with E-state index in [2.05, 4.69) is 5.32 Å². The van der Waals surface area contributed by atoms with Crippen molar-refractivity contribution >= 4 is 25.8 Å². The van der Waals surface area contributed by atoms with Crippen molar-refractivity contribution in [2.75, 3.05) is 5.75 Å². The Labute approximate surface area is 125 Å². The molecule has 1 rings (SSSR count). The van der Waals surface area contributed by atoms with E-state index >= 15 is 0 Å². The van der Waals surface area contributed by atoms with Crippen LogP contribution in [-0.4, -0.2) is 32.7 Å². The second kappa shape index (κ2) is 8.14. The van der Waals surface area contributed by atoms with Crippen LogP contribution in [0.3, 0.4) is 0 Å². The molecule has 0 radical (unpaired) electrons. The zero-order chi connectivity index (χ0) is 15.9. The molecule has 9 heteroatoms. The molecule has 0 bridgehead atoms. The standard InChI is InChI=1S/C12H14ClF2NO4S/c13-21(18,19)8-10(6-11(14)15)16-12(17)20-7-9-4-2-1-3-5-9/h1-5,10-11H,6-8H2,(H,16,17). The van der Waals surface area contributed by atoms with Crippen LogP contribution >= 0.6 is 10.7 Å². The second-order valence-electron chi connectivity index (χ2n) is 4.24. The Kier molecular flexibility index (Phi) is 6.83. The molecule has 1 N–H and O–H groups in total. The number of rotatable bonds is 7. The lowest BCUT2D eigenvalue weighted by atomic mass is 10.2. The summed E-state index contributed by atoms with van der Waals surface area (Å²) in [5.41, 5.74) is 0.711. The van der Waals surface area contributed by atoms with Crippen molar-refractivity contribution in [1.29, 1.82) is 0 Å². The van der Waals surface area contributed by atoms with Gasteiger partial charge in [-0.2, -0.15) is 0 Å². The van der Waals surface area contributed by atoms with Gasteiger partial charge in [0.2, 0.25) is 15.5 Å². The van der Waals surface area contributed by atoms with E-state index in [4.69, 9.17) is 15.4 Å². The van der Waals surface area contributed by atoms with E-state index in [1.54, 1.807) is 30.3 Å². The van der Waals surface area contributed by atoms with Crippen molar-refractivity contribution < 1.29 is 26.7 Å². The van der Waals surface area contributed by atoms with Gasteiger partial charge in [0, 0.05) is 17.1 Å². The number of carbonyl (C=O) groups is 1. The Morgan fingerprint density at radius 1 is 1.29 bits per heavy atom. The molecular formula is C12H14ClF2NO4S. The van der Waals surface area contributed by atoms with Crippen molar-refractivity contribution in [3.8, 4) is 0 Å². The van der Waals surface area contributed by atoms with Gasteiger partial charge in [0.25, 0.3) is 0 Å². The monoisotopic (exact) mass is 341 g/mol. The van der Waals surface area contributed by atoms with Gasteiger partial charge in [-0.3, -0.25) is 0 Å². The zero-order valence-electron chi connectivity index (χ0n) is 10.8. The predicted molar refractivity (Wildman–Crippen MR) is 73.8 cm³/mol. The first-order chi connectivity index (χ1) is 9.76. The van der Waals surface area contributed by atoms with Gasteiger partial charge in [0.15, 0.2) is 0 Å². The molecule has 1 aromatic carbocycles. The summed E-state index contributed by atoms with van der Waals surface area (Å²) in [7, 11) is 0.990. The van der Waals surface area contributed by atoms with Crippen LogP contribution in [0.25, 0.3) is 0 Å². The summed E-state index contributed by atoms with van der Waals surface area (Å²) >= 11 is 0. The lowest BCUT2D eigenvalue weighted by Crippen LogP contribution is -2.40. The Hall–Kier alpha value is -1.41. The molecule has 5 nitrogen and oxygen atoms in total. The first kappa shape index (κ1) is 17.6. The Bertz CT molecular complexity index is 554. The van der Waals surface area contributed by atoms with Crippen LogP contribution in [0.15, 0.2) is 30.3 Å². The normalized spacial score (nSPS) is 13.0. The fraction of sp³-hybridized carbons (Fsp3) is 0.417. The van der Waals surface area contributed by atoms with Crippen LogP contribution in [0.2, 0.25) is 0 Å². The number of benzene rings is 1. The van der Waals surface area contributed by atoms with Crippen molar-refractivity contribution in [2.24, 2.45) is 0 Å². The van der Waals surface area contributed by atoms with Crippen LogP contribution in [-0.2, 0) is 20.4 Å². The van der Waals surface area contributed by atoms with Crippen molar-refractivity contribution in [1.82, 2.24) is 5.32 Å². The Balaban J connectivity index is 2.51. The largest absolute Gasteiger partial charge is 0.445 e. The molecule has 1 unspecified atom stereocenters. The average molecular weight is 342 g/mol. The number of ether oxygens (including phenoxy) is 1. The number of alkyl halides is 2. The van der Waals surface area contributed by atoms with Gasteiger partial charge >= 0.3 is 6.09 Å². The topological polar surface area (TPSA) is 72.5 Å². The third kappa shape index (κ3) is 8.46. The van der Waals surface area contributed by atoms with Gasteiger partial charge < -0.3 is 10.1 Å². The third-order valence-corrected chi connectivity index (χ3v) is 3.58. The molecule has 0 aliphatic carbocycles. The fourth-order valence-corrected chi connectivity index (χ4v) is 2.71. The number of nitrogens with one attached hydrogen (secondary N) is 1. The first-order valence-corrected chi connectivity index (χ1v) is 8.42. The summed E-state index contributed by atoms with van der Waals surface area (Å²) in [6, 6.07) is 7.40. The maximum absolute atomic E-state index is 12.3. The molecule has 0 aliphatic rings. The molecular weight excluding hydrogens is 328 g/mol. The van der Waals surface area contributed by atoms with E-state index in [0.29, 0.717) is 5.56 Å². The highest BCUT2D eigenvalue weighted by Crippen LogP contribution is 2.10. The fourth-order valence-electron chi connectivity index (χ4n) is 1.56. The molecule has 0 aromatic heterocycles. The summed E-state index contributed by atoms with van der Waals surface area (Å²) in [5, 5.41) is 2.07. The minimum absolute atomic E-state index is 0.0539. The lowest BCUT2D eigenvalue weighted by molar-refractivity contribution is 0.112. The second-order valence-corrected chi connectivity index (χ2v) is 7.06. The Morgan fingerprint density at radius 3 is 2.43 bits per heavy atom.